The Morgan fingerprint density at radius 2 is 2.21 bits per heavy atom. The van der Waals surface area contributed by atoms with Crippen molar-refractivity contribution in [2.24, 2.45) is 0 Å². The van der Waals surface area contributed by atoms with Crippen molar-refractivity contribution < 1.29 is 14.3 Å². The SMILES string of the molecule is Cc1cc(F)c2c(ccn2C(=O)O)c1. The van der Waals surface area contributed by atoms with Crippen molar-refractivity contribution in [1.29, 1.82) is 0 Å². The molecular formula is C10H8FNO2. The number of halogens is 1. The topological polar surface area (TPSA) is 42.2 Å². The standard InChI is InChI=1S/C10H8FNO2/c1-6-4-7-2-3-12(10(13)14)9(7)8(11)5-6/h2-5H,1H3,(H,13,14). The number of aryl methyl sites for hydroxylation is 1. The first-order chi connectivity index (χ1) is 6.59. The number of fused-ring (bicyclic) bond motifs is 1. The highest BCUT2D eigenvalue weighted by molar-refractivity contribution is 5.89. The van der Waals surface area contributed by atoms with Gasteiger partial charge in [0.15, 0.2) is 0 Å². The van der Waals surface area contributed by atoms with Gasteiger partial charge in [0.1, 0.15) is 5.82 Å². The molecule has 1 aromatic carbocycles. The average molecular weight is 193 g/mol. The monoisotopic (exact) mass is 193 g/mol. The molecule has 0 atom stereocenters. The Morgan fingerprint density at radius 1 is 1.50 bits per heavy atom. The van der Waals surface area contributed by atoms with Crippen LogP contribution in [0.5, 0.6) is 0 Å². The molecule has 1 N–H and O–H groups in total. The third-order valence-corrected chi connectivity index (χ3v) is 2.09. The highest BCUT2D eigenvalue weighted by atomic mass is 19.1. The van der Waals surface area contributed by atoms with Gasteiger partial charge in [-0.25, -0.2) is 13.8 Å². The lowest BCUT2D eigenvalue weighted by Crippen LogP contribution is -2.06. The van der Waals surface area contributed by atoms with E-state index in [1.165, 1.54) is 12.3 Å². The quantitative estimate of drug-likeness (QED) is 0.698. The molecule has 0 radical (unpaired) electrons. The van der Waals surface area contributed by atoms with Gasteiger partial charge in [-0.1, -0.05) is 0 Å². The summed E-state index contributed by atoms with van der Waals surface area (Å²) < 4.78 is 14.3. The molecule has 0 unspecified atom stereocenters. The van der Waals surface area contributed by atoms with Crippen molar-refractivity contribution in [2.45, 2.75) is 6.92 Å². The average Bonchev–Trinajstić information content (AvgIpc) is 2.47. The molecule has 0 aliphatic carbocycles. The van der Waals surface area contributed by atoms with Crippen molar-refractivity contribution >= 4 is 17.0 Å². The van der Waals surface area contributed by atoms with Crippen LogP contribution in [0, 0.1) is 12.7 Å². The summed E-state index contributed by atoms with van der Waals surface area (Å²) in [5.74, 6) is -0.507. The minimum absolute atomic E-state index is 0.114. The smallest absolute Gasteiger partial charge is 0.416 e. The highest BCUT2D eigenvalue weighted by Gasteiger charge is 2.11. The Balaban J connectivity index is 2.85. The van der Waals surface area contributed by atoms with Crippen LogP contribution in [0.15, 0.2) is 24.4 Å². The molecule has 2 aromatic rings. The van der Waals surface area contributed by atoms with Gasteiger partial charge in [0.25, 0.3) is 0 Å². The van der Waals surface area contributed by atoms with Crippen LogP contribution in [0.2, 0.25) is 0 Å². The number of carbonyl (C=O) groups is 1. The molecule has 4 heteroatoms. The zero-order chi connectivity index (χ0) is 10.3. The van der Waals surface area contributed by atoms with Gasteiger partial charge in [-0.15, -0.1) is 0 Å². The Hall–Kier alpha value is -1.84. The van der Waals surface area contributed by atoms with Crippen LogP contribution in [-0.2, 0) is 0 Å². The summed E-state index contributed by atoms with van der Waals surface area (Å²) >= 11 is 0. The molecule has 3 nitrogen and oxygen atoms in total. The molecule has 2 rings (SSSR count). The normalized spacial score (nSPS) is 10.7. The predicted molar refractivity (Wildman–Crippen MR) is 50.1 cm³/mol. The van der Waals surface area contributed by atoms with Gasteiger partial charge >= 0.3 is 6.09 Å². The second-order valence-corrected chi connectivity index (χ2v) is 3.15. The van der Waals surface area contributed by atoms with Crippen LogP contribution in [0.3, 0.4) is 0 Å². The molecule has 0 spiro atoms. The fourth-order valence-electron chi connectivity index (χ4n) is 1.53. The maximum Gasteiger partial charge on any atom is 0.416 e. The van der Waals surface area contributed by atoms with E-state index in [1.807, 2.05) is 0 Å². The van der Waals surface area contributed by atoms with Crippen molar-refractivity contribution in [2.75, 3.05) is 0 Å². The molecule has 1 aromatic heterocycles. The van der Waals surface area contributed by atoms with E-state index in [0.29, 0.717) is 5.39 Å². The lowest BCUT2D eigenvalue weighted by atomic mass is 10.2. The predicted octanol–water partition coefficient (Wildman–Crippen LogP) is 2.61. The fourth-order valence-corrected chi connectivity index (χ4v) is 1.53. The van der Waals surface area contributed by atoms with Crippen LogP contribution in [0.4, 0.5) is 9.18 Å². The van der Waals surface area contributed by atoms with Gasteiger partial charge in [0.05, 0.1) is 5.52 Å². The van der Waals surface area contributed by atoms with Crippen molar-refractivity contribution in [3.63, 3.8) is 0 Å². The summed E-state index contributed by atoms with van der Waals surface area (Å²) in [4.78, 5) is 10.7. The van der Waals surface area contributed by atoms with Crippen LogP contribution < -0.4 is 0 Å². The summed E-state index contributed by atoms with van der Waals surface area (Å²) in [7, 11) is 0. The number of benzene rings is 1. The van der Waals surface area contributed by atoms with E-state index in [2.05, 4.69) is 0 Å². The van der Waals surface area contributed by atoms with Gasteiger partial charge < -0.3 is 5.11 Å². The Labute approximate surface area is 79.4 Å². The minimum atomic E-state index is -1.18. The number of nitrogens with zero attached hydrogens (tertiary/aromatic N) is 1. The number of hydrogen-bond donors (Lipinski definition) is 1. The van der Waals surface area contributed by atoms with Gasteiger partial charge in [0, 0.05) is 11.6 Å². The van der Waals surface area contributed by atoms with Gasteiger partial charge in [0.2, 0.25) is 0 Å². The van der Waals surface area contributed by atoms with Crippen LogP contribution in [-0.4, -0.2) is 15.8 Å². The first-order valence-corrected chi connectivity index (χ1v) is 4.10. The van der Waals surface area contributed by atoms with E-state index in [1.54, 1.807) is 19.1 Å². The maximum atomic E-state index is 13.4. The lowest BCUT2D eigenvalue weighted by molar-refractivity contribution is 0.197. The van der Waals surface area contributed by atoms with E-state index < -0.39 is 11.9 Å². The molecule has 72 valence electrons. The summed E-state index contributed by atoms with van der Waals surface area (Å²) in [5.41, 5.74) is 0.890. The van der Waals surface area contributed by atoms with Crippen molar-refractivity contribution in [3.05, 3.63) is 35.8 Å². The zero-order valence-electron chi connectivity index (χ0n) is 7.49. The number of carboxylic acid groups (broad SMARTS) is 1. The fraction of sp³-hybridized carbons (Fsp3) is 0.100. The first-order valence-electron chi connectivity index (χ1n) is 4.10. The Bertz CT molecular complexity index is 516. The van der Waals surface area contributed by atoms with E-state index >= 15 is 0 Å². The van der Waals surface area contributed by atoms with Crippen molar-refractivity contribution in [3.8, 4) is 0 Å². The van der Waals surface area contributed by atoms with Crippen LogP contribution in [0.1, 0.15) is 5.56 Å². The molecule has 0 aliphatic rings. The second-order valence-electron chi connectivity index (χ2n) is 3.15. The van der Waals surface area contributed by atoms with E-state index in [4.69, 9.17) is 5.11 Å². The maximum absolute atomic E-state index is 13.4. The largest absolute Gasteiger partial charge is 0.464 e. The van der Waals surface area contributed by atoms with E-state index in [0.717, 1.165) is 10.1 Å². The van der Waals surface area contributed by atoms with Gasteiger partial charge in [-0.2, -0.15) is 0 Å². The summed E-state index contributed by atoms with van der Waals surface area (Å²) in [5, 5.41) is 9.36. The zero-order valence-corrected chi connectivity index (χ0v) is 7.49. The molecule has 14 heavy (non-hydrogen) atoms. The van der Waals surface area contributed by atoms with Gasteiger partial charge in [-0.05, 0) is 30.7 Å². The second kappa shape index (κ2) is 2.83. The summed E-state index contributed by atoms with van der Waals surface area (Å²) in [6.45, 7) is 1.76. The Kier molecular flexibility index (Phi) is 1.77. The number of aromatic nitrogens is 1. The van der Waals surface area contributed by atoms with Crippen LogP contribution >= 0.6 is 0 Å². The lowest BCUT2D eigenvalue weighted by Gasteiger charge is -2.00. The molecular weight excluding hydrogens is 185 g/mol. The summed E-state index contributed by atoms with van der Waals surface area (Å²) in [6, 6.07) is 4.65. The molecule has 0 fully saturated rings. The number of rotatable bonds is 0. The van der Waals surface area contributed by atoms with Gasteiger partial charge in [-0.3, -0.25) is 0 Å². The first kappa shape index (κ1) is 8.74. The molecule has 1 heterocycles. The van der Waals surface area contributed by atoms with E-state index in [-0.39, 0.29) is 5.52 Å². The van der Waals surface area contributed by atoms with Crippen molar-refractivity contribution in [1.82, 2.24) is 4.57 Å². The molecule has 0 aliphatic heterocycles. The van der Waals surface area contributed by atoms with Crippen LogP contribution in [0.25, 0.3) is 10.9 Å². The molecule has 0 saturated carbocycles. The summed E-state index contributed by atoms with van der Waals surface area (Å²) in [6.07, 6.45) is 0.165. The highest BCUT2D eigenvalue weighted by Crippen LogP contribution is 2.20. The molecule has 0 bridgehead atoms. The number of hydrogen-bond acceptors (Lipinski definition) is 1. The van der Waals surface area contributed by atoms with E-state index in [9.17, 15) is 9.18 Å². The third kappa shape index (κ3) is 1.16. The third-order valence-electron chi connectivity index (χ3n) is 2.09. The minimum Gasteiger partial charge on any atom is -0.464 e. The Morgan fingerprint density at radius 3 is 2.86 bits per heavy atom. The molecule has 0 amide bonds. The molecule has 0 saturated heterocycles.